The first-order valence-corrected chi connectivity index (χ1v) is 3.81. The molecule has 0 saturated heterocycles. The maximum atomic E-state index is 11.0. The maximum absolute atomic E-state index is 11.0. The molecule has 0 aromatic rings. The number of amides is 1. The van der Waals surface area contributed by atoms with Crippen molar-refractivity contribution >= 4 is 5.91 Å². The van der Waals surface area contributed by atoms with Gasteiger partial charge in [0.25, 0.3) is 0 Å². The molecule has 4 heteroatoms. The number of hydrogen-bond donors (Lipinski definition) is 2. The summed E-state index contributed by atoms with van der Waals surface area (Å²) in [5.74, 6) is 4.78. The Hall–Kier alpha value is -0.610. The van der Waals surface area contributed by atoms with Crippen molar-refractivity contribution in [2.45, 2.75) is 26.7 Å². The van der Waals surface area contributed by atoms with E-state index in [0.717, 1.165) is 12.8 Å². The molecular weight excluding hydrogens is 144 g/mol. The quantitative estimate of drug-likeness (QED) is 0.451. The molecule has 0 bridgehead atoms. The number of carbonyl (C=O) groups is 1. The van der Waals surface area contributed by atoms with Crippen molar-refractivity contribution in [3.8, 4) is 0 Å². The summed E-state index contributed by atoms with van der Waals surface area (Å²) in [7, 11) is 0. The summed E-state index contributed by atoms with van der Waals surface area (Å²) in [5, 5.41) is 2.53. The van der Waals surface area contributed by atoms with Crippen molar-refractivity contribution in [2.24, 2.45) is 11.8 Å². The highest BCUT2D eigenvalue weighted by molar-refractivity contribution is 5.77. The molecule has 0 aliphatic rings. The van der Waals surface area contributed by atoms with Crippen LogP contribution in [-0.4, -0.2) is 12.6 Å². The van der Waals surface area contributed by atoms with E-state index in [4.69, 9.17) is 5.90 Å². The van der Waals surface area contributed by atoms with Gasteiger partial charge in [0.1, 0.15) is 6.73 Å². The molecule has 0 rings (SSSR count). The van der Waals surface area contributed by atoms with Gasteiger partial charge in [-0.1, -0.05) is 20.3 Å². The minimum Gasteiger partial charge on any atom is -0.331 e. The fraction of sp³-hybridized carbons (Fsp3) is 0.857. The predicted octanol–water partition coefficient (Wildman–Crippen LogP) is 0.387. The second-order valence-corrected chi connectivity index (χ2v) is 2.54. The molecule has 0 aromatic carbocycles. The van der Waals surface area contributed by atoms with Gasteiger partial charge >= 0.3 is 0 Å². The monoisotopic (exact) mass is 160 g/mol. The lowest BCUT2D eigenvalue weighted by molar-refractivity contribution is -0.126. The van der Waals surface area contributed by atoms with E-state index in [-0.39, 0.29) is 18.6 Å². The first-order valence-electron chi connectivity index (χ1n) is 3.81. The summed E-state index contributed by atoms with van der Waals surface area (Å²) < 4.78 is 0. The van der Waals surface area contributed by atoms with E-state index in [2.05, 4.69) is 10.2 Å². The van der Waals surface area contributed by atoms with Crippen LogP contribution in [0.25, 0.3) is 0 Å². The molecule has 0 spiro atoms. The van der Waals surface area contributed by atoms with E-state index in [9.17, 15) is 4.79 Å². The van der Waals surface area contributed by atoms with Crippen molar-refractivity contribution in [3.63, 3.8) is 0 Å². The molecule has 0 aromatic heterocycles. The van der Waals surface area contributed by atoms with E-state index in [0.29, 0.717) is 0 Å². The predicted molar refractivity (Wildman–Crippen MR) is 42.4 cm³/mol. The lowest BCUT2D eigenvalue weighted by Crippen LogP contribution is -2.32. The summed E-state index contributed by atoms with van der Waals surface area (Å²) in [4.78, 5) is 15.3. The highest BCUT2D eigenvalue weighted by Crippen LogP contribution is 2.03. The van der Waals surface area contributed by atoms with Gasteiger partial charge in [0, 0.05) is 5.92 Å². The molecule has 4 nitrogen and oxygen atoms in total. The van der Waals surface area contributed by atoms with Crippen LogP contribution in [-0.2, 0) is 9.63 Å². The molecule has 0 radical (unpaired) electrons. The number of rotatable bonds is 5. The third-order valence-corrected chi connectivity index (χ3v) is 1.50. The maximum Gasteiger partial charge on any atom is 0.224 e. The van der Waals surface area contributed by atoms with Crippen molar-refractivity contribution < 1.29 is 9.63 Å². The van der Waals surface area contributed by atoms with Crippen LogP contribution in [0.5, 0.6) is 0 Å². The third-order valence-electron chi connectivity index (χ3n) is 1.50. The van der Waals surface area contributed by atoms with E-state index in [1.165, 1.54) is 0 Å². The summed E-state index contributed by atoms with van der Waals surface area (Å²) in [6, 6.07) is 0. The summed E-state index contributed by atoms with van der Waals surface area (Å²) >= 11 is 0. The average molecular weight is 160 g/mol. The molecule has 1 atom stereocenters. The van der Waals surface area contributed by atoms with E-state index in [1.54, 1.807) is 0 Å². The first kappa shape index (κ1) is 10.4. The number of hydrogen-bond acceptors (Lipinski definition) is 3. The van der Waals surface area contributed by atoms with Crippen LogP contribution < -0.4 is 11.2 Å². The minimum atomic E-state index is -0.00250. The number of nitrogens with two attached hydrogens (primary N) is 1. The smallest absolute Gasteiger partial charge is 0.224 e. The summed E-state index contributed by atoms with van der Waals surface area (Å²) in [5.41, 5.74) is 0. The van der Waals surface area contributed by atoms with Crippen LogP contribution in [0.15, 0.2) is 0 Å². The zero-order chi connectivity index (χ0) is 8.69. The van der Waals surface area contributed by atoms with Gasteiger partial charge in [0.05, 0.1) is 0 Å². The van der Waals surface area contributed by atoms with Crippen molar-refractivity contribution in [2.75, 3.05) is 6.73 Å². The van der Waals surface area contributed by atoms with E-state index in [1.807, 2.05) is 13.8 Å². The van der Waals surface area contributed by atoms with Gasteiger partial charge in [-0.2, -0.15) is 0 Å². The molecule has 3 N–H and O–H groups in total. The molecular formula is C7H16N2O2. The normalized spacial score (nSPS) is 12.6. The van der Waals surface area contributed by atoms with Crippen molar-refractivity contribution in [1.82, 2.24) is 5.32 Å². The largest absolute Gasteiger partial charge is 0.331 e. The highest BCUT2D eigenvalue weighted by atomic mass is 16.6. The van der Waals surface area contributed by atoms with Gasteiger partial charge in [-0.15, -0.1) is 0 Å². The Balaban J connectivity index is 3.47. The van der Waals surface area contributed by atoms with Crippen LogP contribution in [0.1, 0.15) is 26.7 Å². The van der Waals surface area contributed by atoms with Gasteiger partial charge in [-0.05, 0) is 6.42 Å². The Morgan fingerprint density at radius 1 is 1.73 bits per heavy atom. The van der Waals surface area contributed by atoms with Crippen molar-refractivity contribution in [3.05, 3.63) is 0 Å². The topological polar surface area (TPSA) is 64.3 Å². The summed E-state index contributed by atoms with van der Waals surface area (Å²) in [6.07, 6.45) is 1.91. The van der Waals surface area contributed by atoms with E-state index < -0.39 is 0 Å². The third kappa shape index (κ3) is 4.75. The number of nitrogens with one attached hydrogen (secondary N) is 1. The van der Waals surface area contributed by atoms with Crippen LogP contribution >= 0.6 is 0 Å². The Labute approximate surface area is 67.0 Å². The Morgan fingerprint density at radius 2 is 2.36 bits per heavy atom. The van der Waals surface area contributed by atoms with Gasteiger partial charge in [0.15, 0.2) is 0 Å². The SMILES string of the molecule is CCCC(C)C(=O)NCON. The molecule has 0 heterocycles. The van der Waals surface area contributed by atoms with Crippen LogP contribution in [0.4, 0.5) is 0 Å². The molecule has 1 unspecified atom stereocenters. The van der Waals surface area contributed by atoms with Gasteiger partial charge in [-0.3, -0.25) is 9.63 Å². The second kappa shape index (κ2) is 6.12. The van der Waals surface area contributed by atoms with Gasteiger partial charge < -0.3 is 5.32 Å². The number of carbonyl (C=O) groups excluding carboxylic acids is 1. The molecule has 0 fully saturated rings. The fourth-order valence-electron chi connectivity index (χ4n) is 0.851. The lowest BCUT2D eigenvalue weighted by atomic mass is 10.1. The van der Waals surface area contributed by atoms with Crippen LogP contribution in [0.2, 0.25) is 0 Å². The molecule has 0 aliphatic heterocycles. The molecule has 1 amide bonds. The van der Waals surface area contributed by atoms with Gasteiger partial charge in [-0.25, -0.2) is 5.90 Å². The molecule has 11 heavy (non-hydrogen) atoms. The zero-order valence-corrected chi connectivity index (χ0v) is 7.09. The van der Waals surface area contributed by atoms with Crippen molar-refractivity contribution in [1.29, 1.82) is 0 Å². The van der Waals surface area contributed by atoms with Gasteiger partial charge in [0.2, 0.25) is 5.91 Å². The Kier molecular flexibility index (Phi) is 5.78. The zero-order valence-electron chi connectivity index (χ0n) is 7.09. The average Bonchev–Trinajstić information content (AvgIpc) is 2.00. The minimum absolute atomic E-state index is 0.00250. The second-order valence-electron chi connectivity index (χ2n) is 2.54. The Bertz CT molecular complexity index is 117. The van der Waals surface area contributed by atoms with E-state index >= 15 is 0 Å². The Morgan fingerprint density at radius 3 is 2.82 bits per heavy atom. The molecule has 0 saturated carbocycles. The first-order chi connectivity index (χ1) is 5.22. The molecule has 66 valence electrons. The molecule has 0 aliphatic carbocycles. The highest BCUT2D eigenvalue weighted by Gasteiger charge is 2.09. The van der Waals surface area contributed by atoms with Crippen LogP contribution in [0, 0.1) is 5.92 Å². The lowest BCUT2D eigenvalue weighted by Gasteiger charge is -2.09. The summed E-state index contributed by atoms with van der Waals surface area (Å²) in [6.45, 7) is 4.02. The standard InChI is InChI=1S/C7H16N2O2/c1-3-4-6(2)7(10)9-5-11-8/h6H,3-5,8H2,1-2H3,(H,9,10). The van der Waals surface area contributed by atoms with Crippen LogP contribution in [0.3, 0.4) is 0 Å². The fourth-order valence-corrected chi connectivity index (χ4v) is 0.851.